The number of methoxy groups -OCH3 is 3. The first-order valence-electron chi connectivity index (χ1n) is 7.78. The number of para-hydroxylation sites is 1. The number of halogens is 2. The van der Waals surface area contributed by atoms with Crippen LogP contribution < -0.4 is 24.8 Å². The monoisotopic (exact) mass is 366 g/mol. The summed E-state index contributed by atoms with van der Waals surface area (Å²) in [6, 6.07) is 6.06. The lowest BCUT2D eigenvalue weighted by Gasteiger charge is -2.14. The molecule has 0 saturated heterocycles. The maximum absolute atomic E-state index is 13.5. The second kappa shape index (κ2) is 8.89. The lowest BCUT2D eigenvalue weighted by molar-refractivity contribution is 0.252. The maximum atomic E-state index is 13.5. The first-order valence-corrected chi connectivity index (χ1v) is 7.78. The van der Waals surface area contributed by atoms with Crippen LogP contribution in [0.15, 0.2) is 30.3 Å². The van der Waals surface area contributed by atoms with Crippen LogP contribution in [0.2, 0.25) is 0 Å². The number of urea groups is 1. The molecule has 0 aliphatic heterocycles. The van der Waals surface area contributed by atoms with E-state index in [0.717, 1.165) is 17.7 Å². The summed E-state index contributed by atoms with van der Waals surface area (Å²) in [4.78, 5) is 11.9. The Bertz CT molecular complexity index is 764. The van der Waals surface area contributed by atoms with E-state index in [0.29, 0.717) is 23.7 Å². The third-order valence-corrected chi connectivity index (χ3v) is 3.67. The SMILES string of the molecule is COc1cc(OC)c(OC)cc1CCNC(=O)Nc1c(F)cccc1F. The van der Waals surface area contributed by atoms with Gasteiger partial charge in [-0.3, -0.25) is 0 Å². The van der Waals surface area contributed by atoms with Crippen molar-refractivity contribution < 1.29 is 27.8 Å². The molecular formula is C18H20F2N2O4. The minimum atomic E-state index is -0.846. The van der Waals surface area contributed by atoms with Crippen molar-refractivity contribution >= 4 is 11.7 Å². The molecule has 0 bridgehead atoms. The number of amides is 2. The molecule has 0 saturated carbocycles. The molecule has 8 heteroatoms. The lowest BCUT2D eigenvalue weighted by Crippen LogP contribution is -2.31. The summed E-state index contributed by atoms with van der Waals surface area (Å²) in [6.45, 7) is 0.216. The molecule has 26 heavy (non-hydrogen) atoms. The quantitative estimate of drug-likeness (QED) is 0.789. The molecule has 2 aromatic carbocycles. The number of nitrogens with one attached hydrogen (secondary N) is 2. The second-order valence-electron chi connectivity index (χ2n) is 5.25. The number of rotatable bonds is 7. The molecule has 0 aromatic heterocycles. The van der Waals surface area contributed by atoms with Crippen molar-refractivity contribution in [3.63, 3.8) is 0 Å². The van der Waals surface area contributed by atoms with Gasteiger partial charge in [0, 0.05) is 12.6 Å². The first-order chi connectivity index (χ1) is 12.5. The highest BCUT2D eigenvalue weighted by atomic mass is 19.1. The zero-order valence-corrected chi connectivity index (χ0v) is 14.7. The highest BCUT2D eigenvalue weighted by Crippen LogP contribution is 2.34. The van der Waals surface area contributed by atoms with Crippen molar-refractivity contribution in [2.24, 2.45) is 0 Å². The molecule has 0 unspecified atom stereocenters. The van der Waals surface area contributed by atoms with Crippen LogP contribution in [0.25, 0.3) is 0 Å². The Kier molecular flexibility index (Phi) is 6.60. The smallest absolute Gasteiger partial charge is 0.319 e. The Balaban J connectivity index is 2.00. The normalized spacial score (nSPS) is 10.2. The van der Waals surface area contributed by atoms with E-state index in [2.05, 4.69) is 10.6 Å². The van der Waals surface area contributed by atoms with E-state index in [-0.39, 0.29) is 6.54 Å². The molecular weight excluding hydrogens is 346 g/mol. The third-order valence-electron chi connectivity index (χ3n) is 3.67. The van der Waals surface area contributed by atoms with Gasteiger partial charge >= 0.3 is 6.03 Å². The minimum Gasteiger partial charge on any atom is -0.496 e. The lowest BCUT2D eigenvalue weighted by atomic mass is 10.1. The number of benzene rings is 2. The molecule has 0 radical (unpaired) electrons. The summed E-state index contributed by atoms with van der Waals surface area (Å²) in [5.74, 6) is -0.0663. The summed E-state index contributed by atoms with van der Waals surface area (Å²) in [6.07, 6.45) is 0.413. The maximum Gasteiger partial charge on any atom is 0.319 e. The number of ether oxygens (including phenoxy) is 3. The molecule has 0 atom stereocenters. The van der Waals surface area contributed by atoms with Crippen LogP contribution in [0.1, 0.15) is 5.56 Å². The Labute approximate surface area is 150 Å². The fourth-order valence-corrected chi connectivity index (χ4v) is 2.37. The molecule has 0 fully saturated rings. The van der Waals surface area contributed by atoms with E-state index in [1.807, 2.05) is 0 Å². The molecule has 6 nitrogen and oxygen atoms in total. The van der Waals surface area contributed by atoms with E-state index in [9.17, 15) is 13.6 Å². The van der Waals surface area contributed by atoms with Gasteiger partial charge in [0.25, 0.3) is 0 Å². The summed E-state index contributed by atoms with van der Waals surface area (Å²) >= 11 is 0. The van der Waals surface area contributed by atoms with Gasteiger partial charge in [0.1, 0.15) is 23.1 Å². The molecule has 0 aliphatic rings. The number of anilines is 1. The third kappa shape index (κ3) is 4.53. The summed E-state index contributed by atoms with van der Waals surface area (Å²) in [5.41, 5.74) is 0.288. The second-order valence-corrected chi connectivity index (χ2v) is 5.25. The standard InChI is InChI=1S/C18H20F2N2O4/c1-24-14-10-16(26-3)15(25-2)9-11(14)7-8-21-18(23)22-17-12(19)5-4-6-13(17)20/h4-6,9-10H,7-8H2,1-3H3,(H2,21,22,23). The number of carbonyl (C=O) groups excluding carboxylic acids is 1. The van der Waals surface area contributed by atoms with Crippen molar-refractivity contribution in [2.75, 3.05) is 33.2 Å². The molecule has 2 amide bonds. The molecule has 0 spiro atoms. The van der Waals surface area contributed by atoms with Crippen molar-refractivity contribution in [1.82, 2.24) is 5.32 Å². The van der Waals surface area contributed by atoms with Gasteiger partial charge in [-0.15, -0.1) is 0 Å². The first kappa shape index (κ1) is 19.3. The average Bonchev–Trinajstić information content (AvgIpc) is 2.64. The zero-order valence-electron chi connectivity index (χ0n) is 14.7. The van der Waals surface area contributed by atoms with E-state index in [4.69, 9.17) is 14.2 Å². The van der Waals surface area contributed by atoms with E-state index in [1.165, 1.54) is 27.4 Å². The molecule has 2 rings (SSSR count). The van der Waals surface area contributed by atoms with Crippen LogP contribution >= 0.6 is 0 Å². The van der Waals surface area contributed by atoms with Crippen molar-refractivity contribution in [3.8, 4) is 17.2 Å². The summed E-state index contributed by atoms with van der Waals surface area (Å²) in [7, 11) is 4.55. The largest absolute Gasteiger partial charge is 0.496 e. The van der Waals surface area contributed by atoms with Crippen LogP contribution in [-0.4, -0.2) is 33.9 Å². The predicted octanol–water partition coefficient (Wildman–Crippen LogP) is 3.35. The van der Waals surface area contributed by atoms with E-state index >= 15 is 0 Å². The predicted molar refractivity (Wildman–Crippen MR) is 93.2 cm³/mol. The van der Waals surface area contributed by atoms with Gasteiger partial charge in [0.05, 0.1) is 21.3 Å². The van der Waals surface area contributed by atoms with Crippen LogP contribution in [0.3, 0.4) is 0 Å². The Morgan fingerprint density at radius 3 is 2.12 bits per heavy atom. The van der Waals surface area contributed by atoms with Crippen molar-refractivity contribution in [1.29, 1.82) is 0 Å². The van der Waals surface area contributed by atoms with Gasteiger partial charge in [0.15, 0.2) is 11.5 Å². The fourth-order valence-electron chi connectivity index (χ4n) is 2.37. The number of hydrogen-bond donors (Lipinski definition) is 2. The van der Waals surface area contributed by atoms with Gasteiger partial charge in [0.2, 0.25) is 0 Å². The Morgan fingerprint density at radius 1 is 0.962 bits per heavy atom. The van der Waals surface area contributed by atoms with Crippen molar-refractivity contribution in [2.45, 2.75) is 6.42 Å². The Hall–Kier alpha value is -3.03. The van der Waals surface area contributed by atoms with Gasteiger partial charge in [-0.05, 0) is 30.2 Å². The minimum absolute atomic E-state index is 0.216. The van der Waals surface area contributed by atoms with E-state index < -0.39 is 23.4 Å². The van der Waals surface area contributed by atoms with Gasteiger partial charge in [-0.1, -0.05) is 6.07 Å². The van der Waals surface area contributed by atoms with Crippen LogP contribution in [0.4, 0.5) is 19.3 Å². The number of hydrogen-bond acceptors (Lipinski definition) is 4. The summed E-state index contributed by atoms with van der Waals surface area (Å²) < 4.78 is 42.8. The highest BCUT2D eigenvalue weighted by Gasteiger charge is 2.14. The topological polar surface area (TPSA) is 68.8 Å². The van der Waals surface area contributed by atoms with Crippen LogP contribution in [0, 0.1) is 11.6 Å². The highest BCUT2D eigenvalue weighted by molar-refractivity contribution is 5.89. The molecule has 140 valence electrons. The molecule has 0 heterocycles. The van der Waals surface area contributed by atoms with Crippen LogP contribution in [-0.2, 0) is 6.42 Å². The summed E-state index contributed by atoms with van der Waals surface area (Å²) in [5, 5.41) is 4.70. The van der Waals surface area contributed by atoms with Gasteiger partial charge in [-0.2, -0.15) is 0 Å². The average molecular weight is 366 g/mol. The Morgan fingerprint density at radius 2 is 1.54 bits per heavy atom. The fraction of sp³-hybridized carbons (Fsp3) is 0.278. The molecule has 0 aliphatic carbocycles. The number of carbonyl (C=O) groups is 1. The van der Waals surface area contributed by atoms with Gasteiger partial charge < -0.3 is 24.8 Å². The van der Waals surface area contributed by atoms with E-state index in [1.54, 1.807) is 12.1 Å². The van der Waals surface area contributed by atoms with Gasteiger partial charge in [-0.25, -0.2) is 13.6 Å². The molecule has 2 N–H and O–H groups in total. The van der Waals surface area contributed by atoms with Crippen LogP contribution in [0.5, 0.6) is 17.2 Å². The zero-order chi connectivity index (χ0) is 19.1. The van der Waals surface area contributed by atoms with Crippen molar-refractivity contribution in [3.05, 3.63) is 47.5 Å². The molecule has 2 aromatic rings.